The van der Waals surface area contributed by atoms with Gasteiger partial charge in [-0.05, 0) is 6.42 Å². The van der Waals surface area contributed by atoms with E-state index >= 15 is 0 Å². The second-order valence-corrected chi connectivity index (χ2v) is 0.871. The summed E-state index contributed by atoms with van der Waals surface area (Å²) < 4.78 is 33.6. The Kier molecular flexibility index (Phi) is 0.656. The van der Waals surface area contributed by atoms with Crippen molar-refractivity contribution < 1.29 is 6.85 Å². The molecule has 0 aromatic rings. The SMILES string of the molecule is [2H]C([2H])([2H])CC([2H])([2H])Br. The predicted octanol–water partition coefficient (Wildman–Crippen LogP) is 1.79. The molecule has 0 amide bonds. The Bertz CT molecular complexity index is 77.4. The van der Waals surface area contributed by atoms with E-state index in [4.69, 9.17) is 6.85 Å². The van der Waals surface area contributed by atoms with Crippen molar-refractivity contribution >= 4 is 15.9 Å². The Hall–Kier alpha value is 0.480. The summed E-state index contributed by atoms with van der Waals surface area (Å²) in [7, 11) is 0. The van der Waals surface area contributed by atoms with E-state index in [0.717, 1.165) is 0 Å². The minimum atomic E-state index is -2.19. The molecule has 0 radical (unpaired) electrons. The largest absolute Gasteiger partial charge is 0.0928 e. The molecule has 0 aliphatic rings. The van der Waals surface area contributed by atoms with Crippen molar-refractivity contribution in [2.75, 3.05) is 5.28 Å². The fourth-order valence-corrected chi connectivity index (χ4v) is 0. The van der Waals surface area contributed by atoms with E-state index in [2.05, 4.69) is 15.9 Å². The van der Waals surface area contributed by atoms with Crippen LogP contribution >= 0.6 is 15.9 Å². The summed E-state index contributed by atoms with van der Waals surface area (Å²) in [5.74, 6) is 0. The highest BCUT2D eigenvalue weighted by Crippen LogP contribution is 1.80. The van der Waals surface area contributed by atoms with Crippen LogP contribution in [0, 0.1) is 0 Å². The van der Waals surface area contributed by atoms with Gasteiger partial charge in [-0.15, -0.1) is 0 Å². The van der Waals surface area contributed by atoms with Gasteiger partial charge in [0.25, 0.3) is 0 Å². The Morgan fingerprint density at radius 2 is 3.25 bits per heavy atom. The molecule has 0 aliphatic heterocycles. The van der Waals surface area contributed by atoms with Crippen LogP contribution in [-0.2, 0) is 0 Å². The van der Waals surface area contributed by atoms with Crippen LogP contribution < -0.4 is 0 Å². The monoisotopic (exact) mass is 127 g/mol. The van der Waals surface area contributed by atoms with Gasteiger partial charge in [0.05, 0.1) is 0 Å². The minimum Gasteiger partial charge on any atom is -0.0928 e. The van der Waals surface area contributed by atoms with E-state index in [-0.39, 0.29) is 0 Å². The predicted molar refractivity (Wildman–Crippen MR) is 24.1 cm³/mol. The van der Waals surface area contributed by atoms with Crippen molar-refractivity contribution in [3.63, 3.8) is 0 Å². The maximum Gasteiger partial charge on any atom is 0.0386 e. The van der Waals surface area contributed by atoms with Gasteiger partial charge >= 0.3 is 0 Å². The van der Waals surface area contributed by atoms with E-state index in [1.165, 1.54) is 0 Å². The topological polar surface area (TPSA) is 0 Å². The van der Waals surface area contributed by atoms with Crippen LogP contribution in [0.5, 0.6) is 0 Å². The molecule has 0 spiro atoms. The summed E-state index contributed by atoms with van der Waals surface area (Å²) in [5, 5.41) is -1.77. The van der Waals surface area contributed by atoms with Crippen LogP contribution in [0.4, 0.5) is 0 Å². The lowest BCUT2D eigenvalue weighted by Gasteiger charge is -1.66. The standard InChI is InChI=1S/C3H7Br/c1-2-3-4/h2-3H2,1H3/i1D3,3D2. The minimum absolute atomic E-state index is 0.458. The Labute approximate surface area is 42.4 Å². The quantitative estimate of drug-likeness (QED) is 0.472. The molecule has 0 aliphatic carbocycles. The molecule has 4 heavy (non-hydrogen) atoms. The van der Waals surface area contributed by atoms with Crippen molar-refractivity contribution in [3.8, 4) is 0 Å². The third-order valence-electron chi connectivity index (χ3n) is 0.0668. The Morgan fingerprint density at radius 3 is 3.25 bits per heavy atom. The van der Waals surface area contributed by atoms with Crippen LogP contribution in [0.25, 0.3) is 0 Å². The lowest BCUT2D eigenvalue weighted by molar-refractivity contribution is 1.12. The van der Waals surface area contributed by atoms with Gasteiger partial charge in [0.2, 0.25) is 0 Å². The second kappa shape index (κ2) is 3.48. The number of rotatable bonds is 1. The molecule has 0 unspecified atom stereocenters. The lowest BCUT2D eigenvalue weighted by Crippen LogP contribution is -1.54. The summed E-state index contributed by atoms with van der Waals surface area (Å²) in [4.78, 5) is 0. The summed E-state index contributed by atoms with van der Waals surface area (Å²) >= 11 is 2.59. The average molecular weight is 128 g/mol. The molecular weight excluding hydrogens is 116 g/mol. The van der Waals surface area contributed by atoms with Gasteiger partial charge in [-0.25, -0.2) is 0 Å². The molecule has 0 aromatic heterocycles. The first-order valence-corrected chi connectivity index (χ1v) is 1.69. The molecular formula is C3H7Br. The first kappa shape index (κ1) is 0.754. The molecule has 0 rings (SSSR count). The van der Waals surface area contributed by atoms with Crippen LogP contribution in [0.2, 0.25) is 0 Å². The van der Waals surface area contributed by atoms with Crippen molar-refractivity contribution in [2.45, 2.75) is 13.3 Å². The van der Waals surface area contributed by atoms with Gasteiger partial charge in [-0.3, -0.25) is 0 Å². The normalized spacial score (nSPS) is 32.8. The highest BCUT2D eigenvalue weighted by atomic mass is 79.9. The molecule has 0 atom stereocenters. The van der Waals surface area contributed by atoms with E-state index in [9.17, 15) is 0 Å². The first-order chi connectivity index (χ1) is 3.71. The number of hydrogen-bond donors (Lipinski definition) is 0. The molecule has 0 saturated carbocycles. The highest BCUT2D eigenvalue weighted by Gasteiger charge is 1.58. The van der Waals surface area contributed by atoms with Gasteiger partial charge in [-0.2, -0.15) is 0 Å². The van der Waals surface area contributed by atoms with Crippen molar-refractivity contribution in [1.82, 2.24) is 0 Å². The zero-order valence-electron chi connectivity index (χ0n) is 7.09. The second-order valence-electron chi connectivity index (χ2n) is 0.310. The maximum atomic E-state index is 6.81. The van der Waals surface area contributed by atoms with Crippen LogP contribution in [-0.4, -0.2) is 5.28 Å². The molecule has 0 nitrogen and oxygen atoms in total. The van der Waals surface area contributed by atoms with Crippen molar-refractivity contribution in [2.24, 2.45) is 0 Å². The fourth-order valence-electron chi connectivity index (χ4n) is 0. The highest BCUT2D eigenvalue weighted by molar-refractivity contribution is 9.09. The number of hydrogen-bond acceptors (Lipinski definition) is 0. The molecule has 1 heteroatoms. The van der Waals surface area contributed by atoms with Gasteiger partial charge in [0.15, 0.2) is 0 Å². The zero-order chi connectivity index (χ0) is 7.71. The fraction of sp³-hybridized carbons (Fsp3) is 1.00. The van der Waals surface area contributed by atoms with Crippen LogP contribution in [0.15, 0.2) is 0 Å². The van der Waals surface area contributed by atoms with Crippen molar-refractivity contribution in [1.29, 1.82) is 0 Å². The number of alkyl halides is 1. The molecule has 0 heterocycles. The van der Waals surface area contributed by atoms with E-state index in [0.29, 0.717) is 0 Å². The van der Waals surface area contributed by atoms with Gasteiger partial charge in [0, 0.05) is 12.1 Å². The maximum absolute atomic E-state index is 6.81. The third-order valence-corrected chi connectivity index (χ3v) is 0.347. The number of halogens is 1. The molecule has 0 bridgehead atoms. The summed E-state index contributed by atoms with van der Waals surface area (Å²) in [6.45, 7) is -2.19. The third kappa shape index (κ3) is 2.48. The van der Waals surface area contributed by atoms with E-state index in [1.54, 1.807) is 0 Å². The van der Waals surface area contributed by atoms with E-state index in [1.807, 2.05) is 0 Å². The molecule has 0 aromatic carbocycles. The zero-order valence-corrected chi connectivity index (χ0v) is 3.67. The summed E-state index contributed by atoms with van der Waals surface area (Å²) in [6, 6.07) is 0. The molecule has 26 valence electrons. The van der Waals surface area contributed by atoms with Crippen molar-refractivity contribution in [3.05, 3.63) is 0 Å². The van der Waals surface area contributed by atoms with Gasteiger partial charge < -0.3 is 0 Å². The summed E-state index contributed by atoms with van der Waals surface area (Å²) in [6.07, 6.45) is -0.458. The molecule has 0 fully saturated rings. The Balaban J connectivity index is 3.75. The van der Waals surface area contributed by atoms with Gasteiger partial charge in [0.1, 0.15) is 0 Å². The first-order valence-electron chi connectivity index (χ1n) is 3.40. The van der Waals surface area contributed by atoms with Crippen LogP contribution in [0.3, 0.4) is 0 Å². The van der Waals surface area contributed by atoms with Gasteiger partial charge in [-0.1, -0.05) is 22.8 Å². The van der Waals surface area contributed by atoms with Crippen LogP contribution in [0.1, 0.15) is 20.1 Å². The molecule has 0 saturated heterocycles. The van der Waals surface area contributed by atoms with E-state index < -0.39 is 18.6 Å². The smallest absolute Gasteiger partial charge is 0.0386 e. The Morgan fingerprint density at radius 1 is 2.50 bits per heavy atom. The average Bonchev–Trinajstić information content (AvgIpc) is 1.14. The lowest BCUT2D eigenvalue weighted by atomic mass is 10.6. The molecule has 0 N–H and O–H groups in total. The summed E-state index contributed by atoms with van der Waals surface area (Å²) in [5.41, 5.74) is 0.